The highest BCUT2D eigenvalue weighted by molar-refractivity contribution is 6.30. The smallest absolute Gasteiger partial charge is 0.0802 e. The van der Waals surface area contributed by atoms with Crippen LogP contribution in [0.15, 0.2) is 42.7 Å². The summed E-state index contributed by atoms with van der Waals surface area (Å²) < 4.78 is 2.06. The molecular weight excluding hydrogens is 234 g/mol. The molecule has 1 heterocycles. The maximum Gasteiger partial charge on any atom is 0.0802 e. The van der Waals surface area contributed by atoms with Crippen LogP contribution in [0.2, 0.25) is 5.02 Å². The number of hydrogen-bond donors (Lipinski definition) is 1. The van der Waals surface area contributed by atoms with Crippen molar-refractivity contribution in [3.63, 3.8) is 0 Å². The average molecular weight is 250 g/mol. The van der Waals surface area contributed by atoms with Crippen LogP contribution >= 0.6 is 11.6 Å². The minimum absolute atomic E-state index is 0.365. The second-order valence-electron chi connectivity index (χ2n) is 4.17. The molecule has 2 nitrogen and oxygen atoms in total. The van der Waals surface area contributed by atoms with Gasteiger partial charge in [-0.25, -0.2) is 0 Å². The zero-order valence-corrected chi connectivity index (χ0v) is 10.6. The summed E-state index contributed by atoms with van der Waals surface area (Å²) in [5.74, 6) is 0. The summed E-state index contributed by atoms with van der Waals surface area (Å²) in [7, 11) is 0. The Morgan fingerprint density at radius 3 is 2.88 bits per heavy atom. The van der Waals surface area contributed by atoms with Crippen molar-refractivity contribution in [3.8, 4) is 0 Å². The molecule has 0 radical (unpaired) electrons. The second kappa shape index (κ2) is 5.39. The van der Waals surface area contributed by atoms with E-state index in [1.165, 1.54) is 0 Å². The first-order chi connectivity index (χ1) is 8.19. The first kappa shape index (κ1) is 12.2. The van der Waals surface area contributed by atoms with E-state index in [1.807, 2.05) is 49.6 Å². The van der Waals surface area contributed by atoms with Crippen molar-refractivity contribution in [1.29, 1.82) is 0 Å². The van der Waals surface area contributed by atoms with Gasteiger partial charge < -0.3 is 9.67 Å². The van der Waals surface area contributed by atoms with E-state index >= 15 is 0 Å². The Morgan fingerprint density at radius 1 is 1.35 bits per heavy atom. The Kier molecular flexibility index (Phi) is 3.87. The molecule has 3 heteroatoms. The molecule has 0 bridgehead atoms. The highest BCUT2D eigenvalue weighted by atomic mass is 35.5. The molecule has 90 valence electrons. The Labute approximate surface area is 106 Å². The zero-order valence-electron chi connectivity index (χ0n) is 9.81. The number of aliphatic hydroxyl groups excluding tert-OH is 1. The Bertz CT molecular complexity index is 492. The summed E-state index contributed by atoms with van der Waals surface area (Å²) >= 11 is 5.94. The highest BCUT2D eigenvalue weighted by Gasteiger charge is 2.06. The van der Waals surface area contributed by atoms with Gasteiger partial charge in [0.2, 0.25) is 0 Å². The summed E-state index contributed by atoms with van der Waals surface area (Å²) in [5.41, 5.74) is 2.13. The lowest BCUT2D eigenvalue weighted by Crippen LogP contribution is -1.97. The molecule has 1 N–H and O–H groups in total. The van der Waals surface area contributed by atoms with Crippen LogP contribution < -0.4 is 0 Å². The second-order valence-corrected chi connectivity index (χ2v) is 4.61. The quantitative estimate of drug-likeness (QED) is 0.880. The van der Waals surface area contributed by atoms with Crippen LogP contribution in [0.1, 0.15) is 30.6 Å². The predicted molar refractivity (Wildman–Crippen MR) is 70.2 cm³/mol. The third kappa shape index (κ3) is 3.11. The SMILES string of the molecule is CCC(O)c1ccn(Cc2cccc(Cl)c2)c1. The van der Waals surface area contributed by atoms with Gasteiger partial charge in [0.15, 0.2) is 0 Å². The Hall–Kier alpha value is -1.25. The molecule has 0 aliphatic rings. The van der Waals surface area contributed by atoms with Crippen molar-refractivity contribution in [2.75, 3.05) is 0 Å². The van der Waals surface area contributed by atoms with Crippen LogP contribution in [0.4, 0.5) is 0 Å². The number of halogens is 1. The van der Waals surface area contributed by atoms with E-state index in [9.17, 15) is 5.11 Å². The van der Waals surface area contributed by atoms with Crippen LogP contribution in [0.3, 0.4) is 0 Å². The number of rotatable bonds is 4. The molecule has 1 aromatic heterocycles. The Balaban J connectivity index is 2.11. The van der Waals surface area contributed by atoms with Gasteiger partial charge in [-0.05, 0) is 35.7 Å². The minimum atomic E-state index is -0.365. The summed E-state index contributed by atoms with van der Waals surface area (Å²) in [6.07, 6.45) is 4.33. The normalized spacial score (nSPS) is 12.6. The lowest BCUT2D eigenvalue weighted by Gasteiger charge is -2.05. The van der Waals surface area contributed by atoms with E-state index in [4.69, 9.17) is 11.6 Å². The Morgan fingerprint density at radius 2 is 2.18 bits per heavy atom. The van der Waals surface area contributed by atoms with E-state index in [0.29, 0.717) is 0 Å². The third-order valence-corrected chi connectivity index (χ3v) is 3.03. The molecule has 0 amide bonds. The predicted octanol–water partition coefficient (Wildman–Crippen LogP) is 3.63. The summed E-state index contributed by atoms with van der Waals surface area (Å²) in [4.78, 5) is 0. The summed E-state index contributed by atoms with van der Waals surface area (Å²) in [6.45, 7) is 2.75. The van der Waals surface area contributed by atoms with Crippen LogP contribution in [-0.2, 0) is 6.54 Å². The number of nitrogens with zero attached hydrogens (tertiary/aromatic N) is 1. The highest BCUT2D eigenvalue weighted by Crippen LogP contribution is 2.18. The molecule has 0 saturated heterocycles. The molecule has 1 unspecified atom stereocenters. The fourth-order valence-electron chi connectivity index (χ4n) is 1.84. The first-order valence-electron chi connectivity index (χ1n) is 5.77. The molecule has 0 fully saturated rings. The largest absolute Gasteiger partial charge is 0.388 e. The van der Waals surface area contributed by atoms with Gasteiger partial charge in [-0.15, -0.1) is 0 Å². The molecule has 2 aromatic rings. The summed E-state index contributed by atoms with van der Waals surface area (Å²) in [5, 5.41) is 10.5. The monoisotopic (exact) mass is 249 g/mol. The molecule has 2 rings (SSSR count). The van der Waals surface area contributed by atoms with Crippen molar-refractivity contribution < 1.29 is 5.11 Å². The van der Waals surface area contributed by atoms with Crippen LogP contribution in [0, 0.1) is 0 Å². The van der Waals surface area contributed by atoms with Gasteiger partial charge in [-0.2, -0.15) is 0 Å². The van der Waals surface area contributed by atoms with Crippen LogP contribution in [-0.4, -0.2) is 9.67 Å². The van der Waals surface area contributed by atoms with E-state index in [2.05, 4.69) is 4.57 Å². The zero-order chi connectivity index (χ0) is 12.3. The fourth-order valence-corrected chi connectivity index (χ4v) is 2.05. The van der Waals surface area contributed by atoms with Crippen molar-refractivity contribution in [2.45, 2.75) is 26.0 Å². The molecule has 0 saturated carbocycles. The van der Waals surface area contributed by atoms with E-state index in [-0.39, 0.29) is 6.10 Å². The lowest BCUT2D eigenvalue weighted by atomic mass is 10.1. The standard InChI is InChI=1S/C14H16ClNO/c1-2-14(17)12-6-7-16(10-12)9-11-4-3-5-13(15)8-11/h3-8,10,14,17H,2,9H2,1H3. The van der Waals surface area contributed by atoms with Crippen molar-refractivity contribution in [1.82, 2.24) is 4.57 Å². The number of hydrogen-bond acceptors (Lipinski definition) is 1. The van der Waals surface area contributed by atoms with Gasteiger partial charge in [0.25, 0.3) is 0 Å². The molecule has 0 aliphatic carbocycles. The number of aliphatic hydroxyl groups is 1. The van der Waals surface area contributed by atoms with Gasteiger partial charge in [0, 0.05) is 24.0 Å². The molecule has 17 heavy (non-hydrogen) atoms. The first-order valence-corrected chi connectivity index (χ1v) is 6.15. The molecular formula is C14H16ClNO. The van der Waals surface area contributed by atoms with E-state index in [1.54, 1.807) is 0 Å². The third-order valence-electron chi connectivity index (χ3n) is 2.80. The van der Waals surface area contributed by atoms with E-state index in [0.717, 1.165) is 29.1 Å². The van der Waals surface area contributed by atoms with Gasteiger partial charge >= 0.3 is 0 Å². The van der Waals surface area contributed by atoms with Crippen LogP contribution in [0.25, 0.3) is 0 Å². The van der Waals surface area contributed by atoms with Gasteiger partial charge in [-0.1, -0.05) is 30.7 Å². The number of aromatic nitrogens is 1. The van der Waals surface area contributed by atoms with Crippen molar-refractivity contribution >= 4 is 11.6 Å². The van der Waals surface area contributed by atoms with Crippen molar-refractivity contribution in [2.24, 2.45) is 0 Å². The minimum Gasteiger partial charge on any atom is -0.388 e. The molecule has 0 spiro atoms. The number of benzene rings is 1. The maximum atomic E-state index is 9.72. The molecule has 0 aliphatic heterocycles. The van der Waals surface area contributed by atoms with Gasteiger partial charge in [0.05, 0.1) is 6.10 Å². The van der Waals surface area contributed by atoms with E-state index < -0.39 is 0 Å². The van der Waals surface area contributed by atoms with Gasteiger partial charge in [0.1, 0.15) is 0 Å². The lowest BCUT2D eigenvalue weighted by molar-refractivity contribution is 0.173. The van der Waals surface area contributed by atoms with Gasteiger partial charge in [-0.3, -0.25) is 0 Å². The summed E-state index contributed by atoms with van der Waals surface area (Å²) in [6, 6.07) is 9.77. The van der Waals surface area contributed by atoms with Crippen LogP contribution in [0.5, 0.6) is 0 Å². The topological polar surface area (TPSA) is 25.2 Å². The molecule has 1 aromatic carbocycles. The maximum absolute atomic E-state index is 9.72. The average Bonchev–Trinajstić information content (AvgIpc) is 2.76. The van der Waals surface area contributed by atoms with Crippen molar-refractivity contribution in [3.05, 3.63) is 58.9 Å². The molecule has 1 atom stereocenters. The fraction of sp³-hybridized carbons (Fsp3) is 0.286.